The zero-order chi connectivity index (χ0) is 17.2. The van der Waals surface area contributed by atoms with Crippen molar-refractivity contribution in [1.82, 2.24) is 3.97 Å². The predicted molar refractivity (Wildman–Crippen MR) is 97.0 cm³/mol. The van der Waals surface area contributed by atoms with E-state index in [0.29, 0.717) is 27.8 Å². The summed E-state index contributed by atoms with van der Waals surface area (Å²) < 4.78 is 26.4. The molecule has 0 atom stereocenters. The second-order valence-electron chi connectivity index (χ2n) is 5.25. The Kier molecular flexibility index (Phi) is 4.55. The Morgan fingerprint density at radius 1 is 1.04 bits per heavy atom. The zero-order valence-corrected chi connectivity index (χ0v) is 14.2. The largest absolute Gasteiger partial charge is 0.298 e. The fraction of sp³-hybridized carbons (Fsp3) is 0.0556. The van der Waals surface area contributed by atoms with Crippen LogP contribution >= 0.6 is 11.6 Å². The van der Waals surface area contributed by atoms with Crippen molar-refractivity contribution < 1.29 is 13.2 Å². The van der Waals surface area contributed by atoms with Gasteiger partial charge in [-0.1, -0.05) is 54.1 Å². The highest BCUT2D eigenvalue weighted by Crippen LogP contribution is 2.22. The van der Waals surface area contributed by atoms with Crippen LogP contribution in [0.2, 0.25) is 5.02 Å². The smallest absolute Gasteiger partial charge is 0.242 e. The molecule has 0 bridgehead atoms. The van der Waals surface area contributed by atoms with Crippen molar-refractivity contribution in [2.24, 2.45) is 0 Å². The zero-order valence-electron chi connectivity index (χ0n) is 12.6. The van der Waals surface area contributed by atoms with Gasteiger partial charge in [-0.3, -0.25) is 4.79 Å². The Morgan fingerprint density at radius 3 is 2.46 bits per heavy atom. The number of carbonyl (C=O) groups excluding carboxylic acids is 1. The minimum atomic E-state index is -3.61. The lowest BCUT2D eigenvalue weighted by molar-refractivity contribution is 0.112. The van der Waals surface area contributed by atoms with Crippen LogP contribution in [-0.4, -0.2) is 24.4 Å². The average Bonchev–Trinajstić information content (AvgIpc) is 2.96. The Bertz CT molecular complexity index is 1020. The molecule has 0 N–H and O–H groups in total. The van der Waals surface area contributed by atoms with Gasteiger partial charge in [0, 0.05) is 22.2 Å². The molecular weight excluding hydrogens is 346 g/mol. The van der Waals surface area contributed by atoms with Crippen molar-refractivity contribution in [3.8, 4) is 0 Å². The number of fused-ring (bicyclic) bond motifs is 1. The van der Waals surface area contributed by atoms with Crippen LogP contribution in [0.1, 0.15) is 15.9 Å². The van der Waals surface area contributed by atoms with Gasteiger partial charge in [0.2, 0.25) is 10.0 Å². The average molecular weight is 360 g/mol. The third-order valence-corrected chi connectivity index (χ3v) is 5.39. The number of aromatic nitrogens is 1. The molecule has 122 valence electrons. The highest BCUT2D eigenvalue weighted by Gasteiger charge is 2.17. The molecule has 0 amide bonds. The van der Waals surface area contributed by atoms with Crippen LogP contribution in [0.15, 0.2) is 60.8 Å². The molecular formula is C18H14ClNO3S. The van der Waals surface area contributed by atoms with E-state index in [2.05, 4.69) is 0 Å². The molecule has 0 saturated carbocycles. The minimum absolute atomic E-state index is 0.174. The molecule has 0 aliphatic heterocycles. The van der Waals surface area contributed by atoms with Crippen molar-refractivity contribution in [1.29, 1.82) is 0 Å². The highest BCUT2D eigenvalue weighted by atomic mass is 35.5. The fourth-order valence-electron chi connectivity index (χ4n) is 2.46. The Hall–Kier alpha value is -2.37. The van der Waals surface area contributed by atoms with Gasteiger partial charge in [0.25, 0.3) is 0 Å². The summed E-state index contributed by atoms with van der Waals surface area (Å²) in [6, 6.07) is 14.0. The predicted octanol–water partition coefficient (Wildman–Crippen LogP) is 4.00. The Balaban J connectivity index is 1.91. The van der Waals surface area contributed by atoms with Crippen LogP contribution < -0.4 is 0 Å². The molecule has 1 heterocycles. The number of hydrogen-bond acceptors (Lipinski definition) is 3. The normalized spacial score (nSPS) is 12.0. The molecule has 3 rings (SSSR count). The maximum Gasteiger partial charge on any atom is 0.242 e. The molecule has 0 unspecified atom stereocenters. The summed E-state index contributed by atoms with van der Waals surface area (Å²) in [5, 5.41) is 1.25. The summed E-state index contributed by atoms with van der Waals surface area (Å²) in [4.78, 5) is 11.2. The van der Waals surface area contributed by atoms with Crippen LogP contribution in [0.5, 0.6) is 0 Å². The molecule has 0 fully saturated rings. The maximum absolute atomic E-state index is 12.6. The van der Waals surface area contributed by atoms with E-state index >= 15 is 0 Å². The topological polar surface area (TPSA) is 56.1 Å². The SMILES string of the molecule is O=Cc1cn(S(=O)(=O)CC=Cc2ccc(Cl)cc2)c2ccccc12. The van der Waals surface area contributed by atoms with Crippen LogP contribution in [0.3, 0.4) is 0 Å². The van der Waals surface area contributed by atoms with Gasteiger partial charge < -0.3 is 0 Å². The van der Waals surface area contributed by atoms with E-state index in [1.807, 2.05) is 0 Å². The summed E-state index contributed by atoms with van der Waals surface area (Å²) in [5.41, 5.74) is 1.72. The number of rotatable bonds is 5. The minimum Gasteiger partial charge on any atom is -0.298 e. The molecule has 2 aromatic carbocycles. The quantitative estimate of drug-likeness (QED) is 0.647. The van der Waals surface area contributed by atoms with Gasteiger partial charge in [0.05, 0.1) is 11.3 Å². The number of nitrogens with zero attached hydrogens (tertiary/aromatic N) is 1. The van der Waals surface area contributed by atoms with Crippen molar-refractivity contribution in [3.63, 3.8) is 0 Å². The van der Waals surface area contributed by atoms with E-state index in [9.17, 15) is 13.2 Å². The van der Waals surface area contributed by atoms with Gasteiger partial charge in [-0.25, -0.2) is 12.4 Å². The first-order valence-electron chi connectivity index (χ1n) is 7.22. The molecule has 0 radical (unpaired) electrons. The fourth-order valence-corrected chi connectivity index (χ4v) is 3.82. The third kappa shape index (κ3) is 3.27. The summed E-state index contributed by atoms with van der Waals surface area (Å²) in [5.74, 6) is -0.174. The Morgan fingerprint density at radius 2 is 1.75 bits per heavy atom. The first-order chi connectivity index (χ1) is 11.5. The number of halogens is 1. The van der Waals surface area contributed by atoms with Crippen molar-refractivity contribution in [2.75, 3.05) is 5.75 Å². The molecule has 4 nitrogen and oxygen atoms in total. The van der Waals surface area contributed by atoms with Gasteiger partial charge in [0.15, 0.2) is 6.29 Å². The highest BCUT2D eigenvalue weighted by molar-refractivity contribution is 7.90. The van der Waals surface area contributed by atoms with E-state index in [-0.39, 0.29) is 5.75 Å². The monoisotopic (exact) mass is 359 g/mol. The van der Waals surface area contributed by atoms with Crippen LogP contribution in [0.4, 0.5) is 0 Å². The summed E-state index contributed by atoms with van der Waals surface area (Å²) in [7, 11) is -3.61. The number of hydrogen-bond donors (Lipinski definition) is 0. The van der Waals surface area contributed by atoms with Crippen LogP contribution in [0, 0.1) is 0 Å². The van der Waals surface area contributed by atoms with Crippen LogP contribution in [-0.2, 0) is 10.0 Å². The molecule has 0 saturated heterocycles. The van der Waals surface area contributed by atoms with Gasteiger partial charge in [-0.2, -0.15) is 0 Å². The lowest BCUT2D eigenvalue weighted by Gasteiger charge is -2.04. The van der Waals surface area contributed by atoms with E-state index in [4.69, 9.17) is 11.6 Å². The Labute approximate surface area is 145 Å². The maximum atomic E-state index is 12.6. The standard InChI is InChI=1S/C18H14ClNO3S/c19-16-9-7-14(8-10-16)4-3-11-24(22,23)20-12-15(13-21)17-5-1-2-6-18(17)20/h1-10,12-13H,11H2. The second-order valence-corrected chi connectivity index (χ2v) is 7.57. The molecule has 1 aromatic heterocycles. The number of aldehydes is 1. The molecule has 24 heavy (non-hydrogen) atoms. The van der Waals surface area contributed by atoms with Gasteiger partial charge in [-0.15, -0.1) is 0 Å². The summed E-state index contributed by atoms with van der Waals surface area (Å²) >= 11 is 5.82. The van der Waals surface area contributed by atoms with Crippen LogP contribution in [0.25, 0.3) is 17.0 Å². The molecule has 0 spiro atoms. The van der Waals surface area contributed by atoms with Gasteiger partial charge in [-0.05, 0) is 23.8 Å². The van der Waals surface area contributed by atoms with E-state index in [1.54, 1.807) is 60.7 Å². The van der Waals surface area contributed by atoms with E-state index < -0.39 is 10.0 Å². The first-order valence-corrected chi connectivity index (χ1v) is 9.20. The lowest BCUT2D eigenvalue weighted by Crippen LogP contribution is -2.14. The first kappa shape index (κ1) is 16.5. The van der Waals surface area contributed by atoms with Crippen molar-refractivity contribution >= 4 is 44.9 Å². The number of benzene rings is 2. The van der Waals surface area contributed by atoms with Crippen molar-refractivity contribution in [2.45, 2.75) is 0 Å². The van der Waals surface area contributed by atoms with Crippen molar-refractivity contribution in [3.05, 3.63) is 77.0 Å². The molecule has 3 aromatic rings. The molecule has 0 aliphatic carbocycles. The van der Waals surface area contributed by atoms with Gasteiger partial charge in [0.1, 0.15) is 0 Å². The molecule has 6 heteroatoms. The lowest BCUT2D eigenvalue weighted by atomic mass is 10.2. The summed E-state index contributed by atoms with van der Waals surface area (Å²) in [6.07, 6.45) is 5.33. The number of para-hydroxylation sites is 1. The second kappa shape index (κ2) is 6.63. The number of carbonyl (C=O) groups is 1. The molecule has 0 aliphatic rings. The van der Waals surface area contributed by atoms with E-state index in [1.165, 1.54) is 6.20 Å². The summed E-state index contributed by atoms with van der Waals surface area (Å²) in [6.45, 7) is 0. The van der Waals surface area contributed by atoms with Gasteiger partial charge >= 0.3 is 0 Å². The third-order valence-electron chi connectivity index (χ3n) is 3.62. The van der Waals surface area contributed by atoms with E-state index in [0.717, 1.165) is 9.54 Å².